The Bertz CT molecular complexity index is 596. The van der Waals surface area contributed by atoms with Crippen molar-refractivity contribution < 1.29 is 20.1 Å². The van der Waals surface area contributed by atoms with Crippen molar-refractivity contribution in [3.05, 3.63) is 12.2 Å². The van der Waals surface area contributed by atoms with Crippen LogP contribution in [0.25, 0.3) is 0 Å². The number of hydrogen-bond acceptors (Lipinski definition) is 4. The molecule has 3 atom stereocenters. The molecule has 0 radical (unpaired) electrons. The van der Waals surface area contributed by atoms with Crippen molar-refractivity contribution in [1.29, 1.82) is 0 Å². The standard InChI is InChI=1S/C38H75NO4/c1-3-5-7-9-11-13-15-17-19-21-23-25-27-29-31-33-37(42)38(43)39-35(34-40)36(41)32-30-28-26-24-22-20-18-16-14-12-10-8-6-4-2/h30,32,35-37,40-42H,3-29,31,33-34H2,1-2H3,(H,39,43)/b32-30+. The van der Waals surface area contributed by atoms with E-state index in [2.05, 4.69) is 19.2 Å². The molecule has 43 heavy (non-hydrogen) atoms. The van der Waals surface area contributed by atoms with E-state index in [1.807, 2.05) is 6.08 Å². The summed E-state index contributed by atoms with van der Waals surface area (Å²) in [5.41, 5.74) is 0. The molecule has 0 rings (SSSR count). The quantitative estimate of drug-likeness (QED) is 0.0432. The molecule has 5 nitrogen and oxygen atoms in total. The third-order valence-electron chi connectivity index (χ3n) is 8.88. The van der Waals surface area contributed by atoms with Crippen molar-refractivity contribution in [3.8, 4) is 0 Å². The molecule has 0 spiro atoms. The molecule has 0 aliphatic rings. The summed E-state index contributed by atoms with van der Waals surface area (Å²) in [7, 11) is 0. The molecular weight excluding hydrogens is 534 g/mol. The van der Waals surface area contributed by atoms with E-state index < -0.39 is 24.2 Å². The molecule has 0 aliphatic heterocycles. The molecular formula is C38H75NO4. The summed E-state index contributed by atoms with van der Waals surface area (Å²) in [5.74, 6) is -0.502. The lowest BCUT2D eigenvalue weighted by Gasteiger charge is -2.21. The maximum absolute atomic E-state index is 12.4. The van der Waals surface area contributed by atoms with Crippen LogP contribution in [0.1, 0.15) is 200 Å². The van der Waals surface area contributed by atoms with E-state index in [4.69, 9.17) is 0 Å². The van der Waals surface area contributed by atoms with Gasteiger partial charge in [-0.15, -0.1) is 0 Å². The van der Waals surface area contributed by atoms with Gasteiger partial charge in [0.25, 0.3) is 0 Å². The van der Waals surface area contributed by atoms with Gasteiger partial charge in [-0.3, -0.25) is 4.79 Å². The van der Waals surface area contributed by atoms with Crippen molar-refractivity contribution in [2.24, 2.45) is 0 Å². The smallest absolute Gasteiger partial charge is 0.249 e. The second kappa shape index (κ2) is 34.0. The highest BCUT2D eigenvalue weighted by atomic mass is 16.3. The first kappa shape index (κ1) is 42.1. The lowest BCUT2D eigenvalue weighted by Crippen LogP contribution is -2.48. The molecule has 0 aromatic heterocycles. The van der Waals surface area contributed by atoms with Gasteiger partial charge in [-0.2, -0.15) is 0 Å². The number of carbonyl (C=O) groups is 1. The van der Waals surface area contributed by atoms with Gasteiger partial charge in [0, 0.05) is 0 Å². The maximum Gasteiger partial charge on any atom is 0.249 e. The van der Waals surface area contributed by atoms with Crippen molar-refractivity contribution >= 4 is 5.91 Å². The molecule has 0 aliphatic carbocycles. The van der Waals surface area contributed by atoms with Crippen LogP contribution in [0.3, 0.4) is 0 Å². The third-order valence-corrected chi connectivity index (χ3v) is 8.88. The Balaban J connectivity index is 3.71. The highest BCUT2D eigenvalue weighted by molar-refractivity contribution is 5.80. The SMILES string of the molecule is CCCCCCCCCCCCCC/C=C/C(O)C(CO)NC(=O)C(O)CCCCCCCCCCCCCCCCC. The minimum Gasteiger partial charge on any atom is -0.394 e. The van der Waals surface area contributed by atoms with Gasteiger partial charge in [0.1, 0.15) is 6.10 Å². The third kappa shape index (κ3) is 29.6. The van der Waals surface area contributed by atoms with E-state index in [9.17, 15) is 20.1 Å². The van der Waals surface area contributed by atoms with Crippen molar-refractivity contribution in [2.45, 2.75) is 218 Å². The van der Waals surface area contributed by atoms with Crippen LogP contribution in [-0.2, 0) is 4.79 Å². The normalized spacial score (nSPS) is 13.9. The molecule has 0 fully saturated rings. The molecule has 0 aromatic rings. The molecule has 0 saturated heterocycles. The van der Waals surface area contributed by atoms with E-state index >= 15 is 0 Å². The Kier molecular flexibility index (Phi) is 33.3. The zero-order chi connectivity index (χ0) is 31.6. The summed E-state index contributed by atoms with van der Waals surface area (Å²) in [6, 6.07) is -0.790. The first-order chi connectivity index (χ1) is 21.1. The zero-order valence-corrected chi connectivity index (χ0v) is 28.8. The Hall–Kier alpha value is -0.910. The van der Waals surface area contributed by atoms with Crippen LogP contribution < -0.4 is 5.32 Å². The van der Waals surface area contributed by atoms with Crippen molar-refractivity contribution in [3.63, 3.8) is 0 Å². The van der Waals surface area contributed by atoms with Crippen LogP contribution in [0.4, 0.5) is 0 Å². The fourth-order valence-corrected chi connectivity index (χ4v) is 5.83. The number of rotatable bonds is 34. The summed E-state index contributed by atoms with van der Waals surface area (Å²) in [6.07, 6.45) is 37.9. The second-order valence-corrected chi connectivity index (χ2v) is 13.1. The van der Waals surface area contributed by atoms with Crippen LogP contribution in [0.5, 0.6) is 0 Å². The first-order valence-electron chi connectivity index (χ1n) is 19.0. The number of amides is 1. The van der Waals surface area contributed by atoms with Crippen LogP contribution >= 0.6 is 0 Å². The molecule has 3 unspecified atom stereocenters. The van der Waals surface area contributed by atoms with E-state index in [1.54, 1.807) is 6.08 Å². The summed E-state index contributed by atoms with van der Waals surface area (Å²) < 4.78 is 0. The van der Waals surface area contributed by atoms with Crippen molar-refractivity contribution in [1.82, 2.24) is 5.32 Å². The highest BCUT2D eigenvalue weighted by Gasteiger charge is 2.22. The predicted octanol–water partition coefficient (Wildman–Crippen LogP) is 10.1. The number of unbranched alkanes of at least 4 members (excludes halogenated alkanes) is 26. The Morgan fingerprint density at radius 3 is 1.28 bits per heavy atom. The molecule has 0 saturated carbocycles. The summed E-state index contributed by atoms with van der Waals surface area (Å²) in [6.45, 7) is 4.17. The molecule has 256 valence electrons. The van der Waals surface area contributed by atoms with E-state index in [1.165, 1.54) is 148 Å². The Morgan fingerprint density at radius 1 is 0.558 bits per heavy atom. The highest BCUT2D eigenvalue weighted by Crippen LogP contribution is 2.15. The summed E-state index contributed by atoms with van der Waals surface area (Å²) >= 11 is 0. The summed E-state index contributed by atoms with van der Waals surface area (Å²) in [4.78, 5) is 12.4. The van der Waals surface area contributed by atoms with Crippen molar-refractivity contribution in [2.75, 3.05) is 6.61 Å². The number of nitrogens with one attached hydrogen (secondary N) is 1. The molecule has 4 N–H and O–H groups in total. The fraction of sp³-hybridized carbons (Fsp3) is 0.921. The summed E-state index contributed by atoms with van der Waals surface area (Å²) in [5, 5.41) is 33.0. The predicted molar refractivity (Wildman–Crippen MR) is 185 cm³/mol. The maximum atomic E-state index is 12.4. The van der Waals surface area contributed by atoms with Gasteiger partial charge in [-0.1, -0.05) is 193 Å². The van der Waals surface area contributed by atoms with Crippen LogP contribution in [0.15, 0.2) is 12.2 Å². The molecule has 0 bridgehead atoms. The van der Waals surface area contributed by atoms with Gasteiger partial charge in [0.15, 0.2) is 0 Å². The number of aliphatic hydroxyl groups is 3. The van der Waals surface area contributed by atoms with E-state index in [0.717, 1.165) is 32.1 Å². The fourth-order valence-electron chi connectivity index (χ4n) is 5.83. The number of carbonyl (C=O) groups excluding carboxylic acids is 1. The van der Waals surface area contributed by atoms with Crippen LogP contribution in [0, 0.1) is 0 Å². The van der Waals surface area contributed by atoms with Gasteiger partial charge < -0.3 is 20.6 Å². The van der Waals surface area contributed by atoms with Gasteiger partial charge >= 0.3 is 0 Å². The minimum absolute atomic E-state index is 0.360. The van der Waals surface area contributed by atoms with Gasteiger partial charge in [0.05, 0.1) is 18.8 Å². The monoisotopic (exact) mass is 610 g/mol. The lowest BCUT2D eigenvalue weighted by molar-refractivity contribution is -0.131. The Labute approximate surface area is 268 Å². The van der Waals surface area contributed by atoms with Crippen LogP contribution in [-0.4, -0.2) is 46.1 Å². The number of allylic oxidation sites excluding steroid dienone is 1. The topological polar surface area (TPSA) is 89.8 Å². The first-order valence-corrected chi connectivity index (χ1v) is 19.0. The van der Waals surface area contributed by atoms with E-state index in [-0.39, 0.29) is 6.61 Å². The number of aliphatic hydroxyl groups excluding tert-OH is 3. The van der Waals surface area contributed by atoms with E-state index in [0.29, 0.717) is 6.42 Å². The molecule has 0 heterocycles. The van der Waals surface area contributed by atoms with Gasteiger partial charge in [0.2, 0.25) is 5.91 Å². The minimum atomic E-state index is -1.09. The van der Waals surface area contributed by atoms with Gasteiger partial charge in [-0.05, 0) is 19.3 Å². The zero-order valence-electron chi connectivity index (χ0n) is 28.8. The lowest BCUT2D eigenvalue weighted by atomic mass is 10.0. The van der Waals surface area contributed by atoms with Crippen LogP contribution in [0.2, 0.25) is 0 Å². The number of hydrogen-bond donors (Lipinski definition) is 4. The molecule has 5 heteroatoms. The largest absolute Gasteiger partial charge is 0.394 e. The Morgan fingerprint density at radius 2 is 0.907 bits per heavy atom. The second-order valence-electron chi connectivity index (χ2n) is 13.1. The van der Waals surface area contributed by atoms with Gasteiger partial charge in [-0.25, -0.2) is 0 Å². The average Bonchev–Trinajstić information content (AvgIpc) is 3.01. The molecule has 1 amide bonds. The average molecular weight is 610 g/mol. The molecule has 0 aromatic carbocycles.